The monoisotopic (exact) mass is 304 g/mol. The molecule has 1 N–H and O–H groups in total. The number of nitrogens with zero attached hydrogens (tertiary/aromatic N) is 1. The van der Waals surface area contributed by atoms with Crippen LogP contribution in [0.1, 0.15) is 31.2 Å². The summed E-state index contributed by atoms with van der Waals surface area (Å²) < 4.78 is 27.6. The summed E-state index contributed by atoms with van der Waals surface area (Å²) in [5.74, 6) is 0. The van der Waals surface area contributed by atoms with Crippen LogP contribution in [0.3, 0.4) is 0 Å². The minimum absolute atomic E-state index is 0.173. The van der Waals surface area contributed by atoms with Crippen molar-refractivity contribution >= 4 is 33.0 Å². The van der Waals surface area contributed by atoms with Crippen LogP contribution >= 0.6 is 22.9 Å². The molecule has 98 valence electrons. The Morgan fingerprint density at radius 3 is 2.56 bits per heavy atom. The van der Waals surface area contributed by atoms with Crippen LogP contribution < -0.4 is 4.72 Å². The van der Waals surface area contributed by atoms with Gasteiger partial charge in [-0.25, -0.2) is 8.42 Å². The molecule has 1 heterocycles. The second-order valence-electron chi connectivity index (χ2n) is 4.53. The predicted octanol–water partition coefficient (Wildman–Crippen LogP) is 2.82. The summed E-state index contributed by atoms with van der Waals surface area (Å²) in [6.07, 6.45) is 2.89. The molecule has 0 atom stereocenters. The molecule has 1 aliphatic rings. The molecule has 0 radical (unpaired) electrons. The van der Waals surface area contributed by atoms with Crippen LogP contribution in [0.2, 0.25) is 4.34 Å². The summed E-state index contributed by atoms with van der Waals surface area (Å²) in [6.45, 7) is 1.76. The van der Waals surface area contributed by atoms with Gasteiger partial charge in [-0.3, -0.25) is 0 Å². The van der Waals surface area contributed by atoms with Gasteiger partial charge in [-0.05, 0) is 31.4 Å². The van der Waals surface area contributed by atoms with Gasteiger partial charge >= 0.3 is 0 Å². The van der Waals surface area contributed by atoms with Gasteiger partial charge in [0, 0.05) is 0 Å². The molecule has 0 spiro atoms. The topological polar surface area (TPSA) is 70.0 Å². The Hall–Kier alpha value is -0.610. The quantitative estimate of drug-likeness (QED) is 0.933. The van der Waals surface area contributed by atoms with Crippen molar-refractivity contribution in [3.8, 4) is 6.07 Å². The fraction of sp³-hybridized carbons (Fsp3) is 0.545. The molecule has 1 fully saturated rings. The van der Waals surface area contributed by atoms with Crippen LogP contribution in [-0.4, -0.2) is 14.0 Å². The van der Waals surface area contributed by atoms with Crippen molar-refractivity contribution in [2.24, 2.45) is 0 Å². The smallest absolute Gasteiger partial charge is 0.206 e. The van der Waals surface area contributed by atoms with E-state index in [-0.39, 0.29) is 4.21 Å². The van der Waals surface area contributed by atoms with E-state index in [1.54, 1.807) is 6.92 Å². The van der Waals surface area contributed by atoms with E-state index in [1.165, 1.54) is 6.07 Å². The van der Waals surface area contributed by atoms with Crippen LogP contribution in [0.15, 0.2) is 10.3 Å². The molecule has 1 saturated carbocycles. The summed E-state index contributed by atoms with van der Waals surface area (Å²) in [5.41, 5.74) is -0.206. The number of aryl methyl sites for hydroxylation is 1. The van der Waals surface area contributed by atoms with E-state index in [4.69, 9.17) is 11.6 Å². The van der Waals surface area contributed by atoms with Crippen molar-refractivity contribution in [3.63, 3.8) is 0 Å². The van der Waals surface area contributed by atoms with E-state index in [1.807, 2.05) is 0 Å². The van der Waals surface area contributed by atoms with Gasteiger partial charge in [0.25, 0.3) is 10.0 Å². The molecule has 1 aromatic rings. The van der Waals surface area contributed by atoms with E-state index >= 15 is 0 Å². The van der Waals surface area contributed by atoms with E-state index in [9.17, 15) is 13.7 Å². The van der Waals surface area contributed by atoms with Gasteiger partial charge in [0.15, 0.2) is 0 Å². The highest BCUT2D eigenvalue weighted by Crippen LogP contribution is 2.34. The number of hydrogen-bond donors (Lipinski definition) is 1. The molecule has 7 heteroatoms. The normalized spacial score (nSPS) is 18.7. The van der Waals surface area contributed by atoms with Crippen molar-refractivity contribution in [1.29, 1.82) is 5.26 Å². The highest BCUT2D eigenvalue weighted by atomic mass is 35.5. The van der Waals surface area contributed by atoms with Crippen molar-refractivity contribution in [2.45, 2.75) is 42.4 Å². The zero-order valence-electron chi connectivity index (χ0n) is 9.86. The third-order valence-corrected chi connectivity index (χ3v) is 6.67. The van der Waals surface area contributed by atoms with Crippen LogP contribution in [-0.2, 0) is 10.0 Å². The first-order valence-corrected chi connectivity index (χ1v) is 8.27. The van der Waals surface area contributed by atoms with Gasteiger partial charge < -0.3 is 0 Å². The van der Waals surface area contributed by atoms with E-state index in [0.717, 1.165) is 29.7 Å². The van der Waals surface area contributed by atoms with Gasteiger partial charge in [-0.1, -0.05) is 24.4 Å². The molecule has 2 rings (SSSR count). The predicted molar refractivity (Wildman–Crippen MR) is 71.2 cm³/mol. The Bertz CT molecular complexity index is 576. The fourth-order valence-electron chi connectivity index (χ4n) is 2.09. The van der Waals surface area contributed by atoms with Gasteiger partial charge in [0.1, 0.15) is 9.75 Å². The minimum Gasteiger partial charge on any atom is -0.206 e. The molecule has 4 nitrogen and oxygen atoms in total. The second kappa shape index (κ2) is 4.82. The number of halogens is 1. The van der Waals surface area contributed by atoms with Gasteiger partial charge in [0.05, 0.1) is 10.4 Å². The SMILES string of the molecule is Cc1cc(S(=O)(=O)NC2(C#N)CCCC2)sc1Cl. The summed E-state index contributed by atoms with van der Waals surface area (Å²) in [5, 5.41) is 9.19. The van der Waals surface area contributed by atoms with Gasteiger partial charge in [-0.15, -0.1) is 11.3 Å². The zero-order valence-corrected chi connectivity index (χ0v) is 12.3. The third kappa shape index (κ3) is 2.54. The maximum Gasteiger partial charge on any atom is 0.251 e. The average Bonchev–Trinajstić information content (AvgIpc) is 2.88. The Labute approximate surface area is 116 Å². The highest BCUT2D eigenvalue weighted by Gasteiger charge is 2.38. The maximum atomic E-state index is 12.2. The zero-order chi connectivity index (χ0) is 13.4. The Balaban J connectivity index is 2.30. The summed E-state index contributed by atoms with van der Waals surface area (Å²) in [7, 11) is -3.65. The molecule has 0 amide bonds. The lowest BCUT2D eigenvalue weighted by Gasteiger charge is -2.20. The standard InChI is InChI=1S/C11H13ClN2O2S2/c1-8-6-9(17-10(8)12)18(15,16)14-11(7-13)4-2-3-5-11/h6,14H,2-5H2,1H3. The van der Waals surface area contributed by atoms with Crippen molar-refractivity contribution in [2.75, 3.05) is 0 Å². The highest BCUT2D eigenvalue weighted by molar-refractivity contribution is 7.91. The Kier molecular flexibility index (Phi) is 3.70. The van der Waals surface area contributed by atoms with Crippen molar-refractivity contribution < 1.29 is 8.42 Å². The minimum atomic E-state index is -3.65. The molecule has 1 aliphatic carbocycles. The van der Waals surface area contributed by atoms with E-state index in [0.29, 0.717) is 17.2 Å². The van der Waals surface area contributed by atoms with Crippen molar-refractivity contribution in [1.82, 2.24) is 4.72 Å². The van der Waals surface area contributed by atoms with Crippen LogP contribution in [0.25, 0.3) is 0 Å². The number of nitriles is 1. The number of thiophene rings is 1. The van der Waals surface area contributed by atoms with Crippen LogP contribution in [0.5, 0.6) is 0 Å². The molecular weight excluding hydrogens is 292 g/mol. The van der Waals surface area contributed by atoms with Gasteiger partial charge in [-0.2, -0.15) is 9.98 Å². The molecule has 18 heavy (non-hydrogen) atoms. The summed E-state index contributed by atoms with van der Waals surface area (Å²) in [4.78, 5) is 0. The number of sulfonamides is 1. The Morgan fingerprint density at radius 2 is 2.11 bits per heavy atom. The largest absolute Gasteiger partial charge is 0.251 e. The molecule has 0 bridgehead atoms. The first kappa shape index (κ1) is 13.8. The molecule has 0 saturated heterocycles. The lowest BCUT2D eigenvalue weighted by Crippen LogP contribution is -2.44. The number of nitrogens with one attached hydrogen (secondary N) is 1. The fourth-order valence-corrected chi connectivity index (χ4v) is 5.17. The number of rotatable bonds is 3. The average molecular weight is 305 g/mol. The molecule has 0 aliphatic heterocycles. The van der Waals surface area contributed by atoms with E-state index in [2.05, 4.69) is 10.8 Å². The summed E-state index contributed by atoms with van der Waals surface area (Å²) >= 11 is 6.90. The summed E-state index contributed by atoms with van der Waals surface area (Å²) in [6, 6.07) is 3.64. The maximum absolute atomic E-state index is 12.2. The van der Waals surface area contributed by atoms with Crippen molar-refractivity contribution in [3.05, 3.63) is 16.0 Å². The second-order valence-corrected chi connectivity index (χ2v) is 8.09. The molecule has 1 aromatic heterocycles. The van der Waals surface area contributed by atoms with Crippen LogP contribution in [0.4, 0.5) is 0 Å². The lowest BCUT2D eigenvalue weighted by atomic mass is 10.0. The third-order valence-electron chi connectivity index (χ3n) is 3.10. The van der Waals surface area contributed by atoms with E-state index < -0.39 is 15.6 Å². The Morgan fingerprint density at radius 1 is 1.50 bits per heavy atom. The molecule has 0 unspecified atom stereocenters. The first-order chi connectivity index (χ1) is 8.38. The lowest BCUT2D eigenvalue weighted by molar-refractivity contribution is 0.486. The van der Waals surface area contributed by atoms with Gasteiger partial charge in [0.2, 0.25) is 0 Å². The first-order valence-electron chi connectivity index (χ1n) is 5.60. The number of hydrogen-bond acceptors (Lipinski definition) is 4. The molecule has 0 aromatic carbocycles. The van der Waals surface area contributed by atoms with Crippen LogP contribution in [0, 0.1) is 18.3 Å². The molecular formula is C11H13ClN2O2S2.